The maximum atomic E-state index is 12.6. The number of nitrogens with zero attached hydrogens (tertiary/aromatic N) is 3. The van der Waals surface area contributed by atoms with Crippen LogP contribution in [0.25, 0.3) is 10.9 Å². The van der Waals surface area contributed by atoms with Crippen LogP contribution in [0.3, 0.4) is 0 Å². The number of fused-ring (bicyclic) bond motifs is 1. The Balaban J connectivity index is 1.48. The van der Waals surface area contributed by atoms with Crippen LogP contribution in [0.15, 0.2) is 41.2 Å². The molecule has 0 aliphatic carbocycles. The van der Waals surface area contributed by atoms with Crippen molar-refractivity contribution in [2.75, 3.05) is 52.4 Å². The molecule has 0 radical (unpaired) electrons. The third-order valence-electron chi connectivity index (χ3n) is 5.42. The van der Waals surface area contributed by atoms with Gasteiger partial charge in [-0.15, -0.1) is 0 Å². The van der Waals surface area contributed by atoms with Crippen molar-refractivity contribution in [3.63, 3.8) is 0 Å². The third-order valence-corrected chi connectivity index (χ3v) is 5.42. The summed E-state index contributed by atoms with van der Waals surface area (Å²) in [6, 6.07) is 11.5. The molecule has 0 spiro atoms. The van der Waals surface area contributed by atoms with Crippen molar-refractivity contribution in [1.29, 1.82) is 0 Å². The van der Waals surface area contributed by atoms with E-state index in [-0.39, 0.29) is 5.56 Å². The van der Waals surface area contributed by atoms with Crippen molar-refractivity contribution in [2.24, 2.45) is 0 Å². The number of methoxy groups -OCH3 is 3. The van der Waals surface area contributed by atoms with Crippen LogP contribution in [0.5, 0.6) is 17.2 Å². The molecule has 0 atom stereocenters. The predicted molar refractivity (Wildman–Crippen MR) is 116 cm³/mol. The van der Waals surface area contributed by atoms with Gasteiger partial charge in [-0.25, -0.2) is 4.98 Å². The summed E-state index contributed by atoms with van der Waals surface area (Å²) in [7, 11) is 4.80. The molecule has 2 aromatic carbocycles. The summed E-state index contributed by atoms with van der Waals surface area (Å²) in [4.78, 5) is 24.8. The second kappa shape index (κ2) is 8.62. The van der Waals surface area contributed by atoms with Crippen LogP contribution in [-0.2, 0) is 6.54 Å². The summed E-state index contributed by atoms with van der Waals surface area (Å²) in [6.07, 6.45) is 0. The van der Waals surface area contributed by atoms with Gasteiger partial charge in [0.2, 0.25) is 0 Å². The Hall–Kier alpha value is -3.26. The minimum absolute atomic E-state index is 0.175. The molecular weight excluding hydrogens is 384 g/mol. The number of piperazine rings is 1. The fraction of sp³-hybridized carbons (Fsp3) is 0.364. The lowest BCUT2D eigenvalue weighted by atomic mass is 10.2. The summed E-state index contributed by atoms with van der Waals surface area (Å²) in [5.41, 5.74) is 1.58. The van der Waals surface area contributed by atoms with Crippen molar-refractivity contribution in [3.05, 3.63) is 52.6 Å². The molecule has 4 rings (SSSR count). The summed E-state index contributed by atoms with van der Waals surface area (Å²) in [5.74, 6) is 2.58. The van der Waals surface area contributed by atoms with Crippen LogP contribution in [0.1, 0.15) is 5.82 Å². The average Bonchev–Trinajstić information content (AvgIpc) is 2.78. The van der Waals surface area contributed by atoms with Crippen LogP contribution in [0, 0.1) is 0 Å². The Labute approximate surface area is 175 Å². The first-order chi connectivity index (χ1) is 14.6. The molecule has 3 aromatic rings. The van der Waals surface area contributed by atoms with E-state index in [4.69, 9.17) is 14.2 Å². The van der Waals surface area contributed by atoms with Crippen molar-refractivity contribution in [3.8, 4) is 17.2 Å². The number of anilines is 1. The zero-order valence-electron chi connectivity index (χ0n) is 17.5. The second-order valence-electron chi connectivity index (χ2n) is 7.20. The monoisotopic (exact) mass is 410 g/mol. The van der Waals surface area contributed by atoms with Gasteiger partial charge in [0, 0.05) is 44.0 Å². The number of rotatable bonds is 6. The first-order valence-electron chi connectivity index (χ1n) is 9.87. The third kappa shape index (κ3) is 4.04. The Morgan fingerprint density at radius 3 is 2.40 bits per heavy atom. The average molecular weight is 410 g/mol. The lowest BCUT2D eigenvalue weighted by Crippen LogP contribution is -2.46. The Morgan fingerprint density at radius 2 is 1.70 bits per heavy atom. The zero-order chi connectivity index (χ0) is 21.1. The smallest absolute Gasteiger partial charge is 0.258 e. The van der Waals surface area contributed by atoms with E-state index in [1.54, 1.807) is 33.5 Å². The SMILES string of the molecule is COc1cccc(N2CCN(Cc3nc4cc(OC)c(OC)cc4c(=O)[nH]3)CC2)c1. The maximum absolute atomic E-state index is 12.6. The normalized spacial score (nSPS) is 14.7. The molecule has 0 bridgehead atoms. The minimum Gasteiger partial charge on any atom is -0.497 e. The Bertz CT molecular complexity index is 1090. The van der Waals surface area contributed by atoms with Gasteiger partial charge in [-0.1, -0.05) is 6.07 Å². The van der Waals surface area contributed by atoms with Crippen LogP contribution in [0.2, 0.25) is 0 Å². The number of hydrogen-bond acceptors (Lipinski definition) is 7. The largest absolute Gasteiger partial charge is 0.497 e. The van der Waals surface area contributed by atoms with E-state index < -0.39 is 0 Å². The van der Waals surface area contributed by atoms with Crippen molar-refractivity contribution >= 4 is 16.6 Å². The van der Waals surface area contributed by atoms with Gasteiger partial charge in [0.15, 0.2) is 11.5 Å². The van der Waals surface area contributed by atoms with E-state index in [1.165, 1.54) is 0 Å². The van der Waals surface area contributed by atoms with Crippen LogP contribution in [-0.4, -0.2) is 62.4 Å². The van der Waals surface area contributed by atoms with E-state index in [0.717, 1.165) is 37.6 Å². The maximum Gasteiger partial charge on any atom is 0.258 e. The number of benzene rings is 2. The number of ether oxygens (including phenoxy) is 3. The van der Waals surface area contributed by atoms with Gasteiger partial charge in [0.1, 0.15) is 11.6 Å². The summed E-state index contributed by atoms with van der Waals surface area (Å²) < 4.78 is 16.0. The fourth-order valence-corrected chi connectivity index (χ4v) is 3.77. The molecule has 1 saturated heterocycles. The lowest BCUT2D eigenvalue weighted by molar-refractivity contribution is 0.244. The molecule has 1 fully saturated rings. The van der Waals surface area contributed by atoms with Gasteiger partial charge in [-0.2, -0.15) is 0 Å². The molecule has 1 N–H and O–H groups in total. The van der Waals surface area contributed by atoms with Gasteiger partial charge >= 0.3 is 0 Å². The quantitative estimate of drug-likeness (QED) is 0.668. The van der Waals surface area contributed by atoms with Gasteiger partial charge < -0.3 is 24.1 Å². The van der Waals surface area contributed by atoms with Crippen LogP contribution in [0.4, 0.5) is 5.69 Å². The molecule has 8 nitrogen and oxygen atoms in total. The standard InChI is InChI=1S/C22H26N4O4/c1-28-16-6-4-5-15(11-16)26-9-7-25(8-10-26)14-21-23-18-13-20(30-3)19(29-2)12-17(18)22(27)24-21/h4-6,11-13H,7-10,14H2,1-3H3,(H,23,24,27). The highest BCUT2D eigenvalue weighted by atomic mass is 16.5. The summed E-state index contributed by atoms with van der Waals surface area (Å²) in [6.45, 7) is 4.15. The number of nitrogens with one attached hydrogen (secondary N) is 1. The molecular formula is C22H26N4O4. The van der Waals surface area contributed by atoms with E-state index >= 15 is 0 Å². The number of aromatic amines is 1. The van der Waals surface area contributed by atoms with Crippen molar-refractivity contribution < 1.29 is 14.2 Å². The highest BCUT2D eigenvalue weighted by Crippen LogP contribution is 2.30. The van der Waals surface area contributed by atoms with E-state index in [1.807, 2.05) is 12.1 Å². The number of hydrogen-bond donors (Lipinski definition) is 1. The van der Waals surface area contributed by atoms with E-state index in [9.17, 15) is 4.79 Å². The van der Waals surface area contributed by atoms with E-state index in [2.05, 4.69) is 31.9 Å². The molecule has 1 aliphatic heterocycles. The second-order valence-corrected chi connectivity index (χ2v) is 7.20. The predicted octanol–water partition coefficient (Wildman–Crippen LogP) is 2.27. The first kappa shape index (κ1) is 20.0. The minimum atomic E-state index is -0.175. The van der Waals surface area contributed by atoms with Gasteiger partial charge in [-0.3, -0.25) is 9.69 Å². The van der Waals surface area contributed by atoms with Crippen LogP contribution >= 0.6 is 0 Å². The number of aromatic nitrogens is 2. The molecule has 1 aromatic heterocycles. The molecule has 30 heavy (non-hydrogen) atoms. The molecule has 0 saturated carbocycles. The highest BCUT2D eigenvalue weighted by Gasteiger charge is 2.19. The van der Waals surface area contributed by atoms with Gasteiger partial charge in [0.05, 0.1) is 38.8 Å². The summed E-state index contributed by atoms with van der Waals surface area (Å²) >= 11 is 0. The lowest BCUT2D eigenvalue weighted by Gasteiger charge is -2.35. The van der Waals surface area contributed by atoms with Crippen LogP contribution < -0.4 is 24.7 Å². The van der Waals surface area contributed by atoms with Gasteiger partial charge in [0.25, 0.3) is 5.56 Å². The Morgan fingerprint density at radius 1 is 0.967 bits per heavy atom. The molecule has 8 heteroatoms. The fourth-order valence-electron chi connectivity index (χ4n) is 3.77. The van der Waals surface area contributed by atoms with Gasteiger partial charge in [-0.05, 0) is 18.2 Å². The molecule has 0 unspecified atom stereocenters. The molecule has 2 heterocycles. The topological polar surface area (TPSA) is 79.9 Å². The molecule has 0 amide bonds. The van der Waals surface area contributed by atoms with E-state index in [0.29, 0.717) is 34.8 Å². The van der Waals surface area contributed by atoms with Crippen molar-refractivity contribution in [2.45, 2.75) is 6.54 Å². The first-order valence-corrected chi connectivity index (χ1v) is 9.87. The van der Waals surface area contributed by atoms with Crippen molar-refractivity contribution in [1.82, 2.24) is 14.9 Å². The summed E-state index contributed by atoms with van der Waals surface area (Å²) in [5, 5.41) is 0.485. The Kier molecular flexibility index (Phi) is 5.76. The molecule has 158 valence electrons. The molecule has 1 aliphatic rings. The zero-order valence-corrected chi connectivity index (χ0v) is 17.5. The number of H-pyrrole nitrogens is 1. The highest BCUT2D eigenvalue weighted by molar-refractivity contribution is 5.81.